The van der Waals surface area contributed by atoms with Crippen molar-refractivity contribution < 1.29 is 14.5 Å². The minimum atomic E-state index is -0.648. The van der Waals surface area contributed by atoms with Gasteiger partial charge in [0.1, 0.15) is 5.69 Å². The van der Waals surface area contributed by atoms with Crippen molar-refractivity contribution in [1.29, 1.82) is 0 Å². The number of para-hydroxylation sites is 1. The van der Waals surface area contributed by atoms with Crippen LogP contribution in [0.25, 0.3) is 0 Å². The van der Waals surface area contributed by atoms with Gasteiger partial charge in [-0.15, -0.1) is 0 Å². The number of nitro groups is 1. The second-order valence-electron chi connectivity index (χ2n) is 2.63. The van der Waals surface area contributed by atoms with Crippen molar-refractivity contribution in [1.82, 2.24) is 0 Å². The molecule has 0 aliphatic heterocycles. The number of nitro benzene ring substituents is 1. The number of nitrogens with one attached hydrogen (secondary N) is 1. The fraction of sp³-hybridized carbons (Fsp3) is 0.111. The second kappa shape index (κ2) is 4.41. The molecule has 0 saturated carbocycles. The molecule has 1 N–H and O–H groups in total. The summed E-state index contributed by atoms with van der Waals surface area (Å²) >= 11 is 0. The minimum Gasteiger partial charge on any atom is -0.465 e. The van der Waals surface area contributed by atoms with Crippen molar-refractivity contribution in [3.63, 3.8) is 0 Å². The Morgan fingerprint density at radius 3 is 2.73 bits per heavy atom. The maximum absolute atomic E-state index is 11.3. The molecule has 1 aromatic rings. The largest absolute Gasteiger partial charge is 0.465 e. The summed E-state index contributed by atoms with van der Waals surface area (Å²) in [5.74, 6) is -0.648. The Balaban J connectivity index is 3.34. The maximum atomic E-state index is 11.3. The van der Waals surface area contributed by atoms with Gasteiger partial charge in [-0.3, -0.25) is 10.1 Å². The summed E-state index contributed by atoms with van der Waals surface area (Å²) in [4.78, 5) is 21.3. The fourth-order valence-corrected chi connectivity index (χ4v) is 1.16. The van der Waals surface area contributed by atoms with Crippen LogP contribution in [-0.2, 0) is 4.74 Å². The molecule has 6 heteroatoms. The van der Waals surface area contributed by atoms with Gasteiger partial charge in [-0.2, -0.15) is 0 Å². The van der Waals surface area contributed by atoms with Crippen LogP contribution in [0.15, 0.2) is 18.2 Å². The minimum absolute atomic E-state index is 0.0503. The first kappa shape index (κ1) is 11.0. The summed E-state index contributed by atoms with van der Waals surface area (Å²) in [6.45, 7) is 0. The van der Waals surface area contributed by atoms with E-state index >= 15 is 0 Å². The Morgan fingerprint density at radius 2 is 2.27 bits per heavy atom. The Bertz CT molecular complexity index is 403. The first-order valence-corrected chi connectivity index (χ1v) is 4.00. The Kier molecular flexibility index (Phi) is 3.22. The maximum Gasteiger partial charge on any atom is 0.340 e. The van der Waals surface area contributed by atoms with E-state index < -0.39 is 10.9 Å². The highest BCUT2D eigenvalue weighted by Crippen LogP contribution is 2.28. The molecule has 0 fully saturated rings. The third-order valence-corrected chi connectivity index (χ3v) is 1.82. The van der Waals surface area contributed by atoms with Crippen LogP contribution in [0, 0.1) is 17.2 Å². The molecule has 0 spiro atoms. The lowest BCUT2D eigenvalue weighted by molar-refractivity contribution is -0.383. The van der Waals surface area contributed by atoms with Crippen LogP contribution in [-0.4, -0.2) is 18.0 Å². The zero-order chi connectivity index (χ0) is 11.4. The van der Waals surface area contributed by atoms with Gasteiger partial charge in [-0.1, -0.05) is 6.07 Å². The molecule has 15 heavy (non-hydrogen) atoms. The summed E-state index contributed by atoms with van der Waals surface area (Å²) in [7, 11) is 4.52. The molecule has 0 aliphatic rings. The van der Waals surface area contributed by atoms with Crippen LogP contribution >= 0.6 is 0 Å². The number of benzene rings is 1. The predicted octanol–water partition coefficient (Wildman–Crippen LogP) is 1.58. The molecule has 0 heterocycles. The van der Waals surface area contributed by atoms with E-state index in [-0.39, 0.29) is 16.9 Å². The molecule has 0 bridgehead atoms. The molecule has 6 nitrogen and oxygen atoms in total. The number of nitrogens with zero attached hydrogens (tertiary/aromatic N) is 1. The molecule has 0 atom stereocenters. The molecular weight excluding hydrogens is 200 g/mol. The van der Waals surface area contributed by atoms with Gasteiger partial charge in [0, 0.05) is 13.1 Å². The van der Waals surface area contributed by atoms with Crippen LogP contribution < -0.4 is 5.32 Å². The van der Waals surface area contributed by atoms with Gasteiger partial charge < -0.3 is 10.1 Å². The third kappa shape index (κ3) is 2.04. The SMILES string of the molecule is [CH2]Nc1c(C(=O)OC)cccc1[N+](=O)[O-]. The van der Waals surface area contributed by atoms with Gasteiger partial charge in [-0.05, 0) is 6.07 Å². The van der Waals surface area contributed by atoms with Crippen LogP contribution in [0.1, 0.15) is 10.4 Å². The van der Waals surface area contributed by atoms with Gasteiger partial charge >= 0.3 is 5.97 Å². The summed E-state index contributed by atoms with van der Waals surface area (Å²) < 4.78 is 4.48. The van der Waals surface area contributed by atoms with E-state index in [0.717, 1.165) is 0 Å². The molecule has 0 aromatic heterocycles. The van der Waals surface area contributed by atoms with Crippen LogP contribution in [0.3, 0.4) is 0 Å². The number of hydrogen-bond donors (Lipinski definition) is 1. The zero-order valence-electron chi connectivity index (χ0n) is 8.02. The highest BCUT2D eigenvalue weighted by atomic mass is 16.6. The lowest BCUT2D eigenvalue weighted by atomic mass is 10.1. The van der Waals surface area contributed by atoms with Crippen molar-refractivity contribution in [2.24, 2.45) is 0 Å². The van der Waals surface area contributed by atoms with E-state index in [1.165, 1.54) is 25.3 Å². The van der Waals surface area contributed by atoms with Crippen molar-refractivity contribution in [2.45, 2.75) is 0 Å². The molecule has 0 saturated heterocycles. The number of ether oxygens (including phenoxy) is 1. The van der Waals surface area contributed by atoms with E-state index in [9.17, 15) is 14.9 Å². The normalized spacial score (nSPS) is 9.47. The Morgan fingerprint density at radius 1 is 1.60 bits per heavy atom. The number of esters is 1. The number of methoxy groups -OCH3 is 1. The summed E-state index contributed by atoms with van der Waals surface area (Å²) in [5, 5.41) is 13.0. The topological polar surface area (TPSA) is 81.5 Å². The van der Waals surface area contributed by atoms with Crippen molar-refractivity contribution in [2.75, 3.05) is 12.4 Å². The number of carbonyl (C=O) groups is 1. The smallest absolute Gasteiger partial charge is 0.340 e. The average molecular weight is 209 g/mol. The van der Waals surface area contributed by atoms with E-state index in [2.05, 4.69) is 17.1 Å². The van der Waals surface area contributed by atoms with E-state index in [1.807, 2.05) is 0 Å². The highest BCUT2D eigenvalue weighted by Gasteiger charge is 2.20. The molecule has 0 unspecified atom stereocenters. The first-order chi connectivity index (χ1) is 7.11. The number of hydrogen-bond acceptors (Lipinski definition) is 5. The quantitative estimate of drug-likeness (QED) is 0.464. The van der Waals surface area contributed by atoms with Crippen molar-refractivity contribution >= 4 is 17.3 Å². The van der Waals surface area contributed by atoms with Gasteiger partial charge in [-0.25, -0.2) is 4.79 Å². The van der Waals surface area contributed by atoms with Crippen LogP contribution in [0.4, 0.5) is 11.4 Å². The monoisotopic (exact) mass is 209 g/mol. The van der Waals surface area contributed by atoms with E-state index in [0.29, 0.717) is 0 Å². The van der Waals surface area contributed by atoms with Crippen molar-refractivity contribution in [3.8, 4) is 0 Å². The lowest BCUT2D eigenvalue weighted by Gasteiger charge is -2.06. The second-order valence-corrected chi connectivity index (χ2v) is 2.63. The van der Waals surface area contributed by atoms with E-state index in [1.54, 1.807) is 0 Å². The van der Waals surface area contributed by atoms with Crippen LogP contribution in [0.5, 0.6) is 0 Å². The summed E-state index contributed by atoms with van der Waals surface area (Å²) in [5.41, 5.74) is -0.0797. The molecule has 1 aromatic carbocycles. The van der Waals surface area contributed by atoms with Gasteiger partial charge in [0.25, 0.3) is 5.69 Å². The highest BCUT2D eigenvalue weighted by molar-refractivity contribution is 5.98. The number of rotatable bonds is 3. The summed E-state index contributed by atoms with van der Waals surface area (Å²) in [6, 6.07) is 4.11. The van der Waals surface area contributed by atoms with Gasteiger partial charge in [0.15, 0.2) is 0 Å². The number of anilines is 1. The Hall–Kier alpha value is -2.11. The van der Waals surface area contributed by atoms with Gasteiger partial charge in [0.05, 0.1) is 17.6 Å². The molecule has 1 rings (SSSR count). The zero-order valence-corrected chi connectivity index (χ0v) is 8.02. The predicted molar refractivity (Wildman–Crippen MR) is 53.4 cm³/mol. The molecule has 0 aliphatic carbocycles. The summed E-state index contributed by atoms with van der Waals surface area (Å²) in [6.07, 6.45) is 0. The van der Waals surface area contributed by atoms with E-state index in [4.69, 9.17) is 0 Å². The number of carbonyl (C=O) groups excluding carboxylic acids is 1. The molecule has 79 valence electrons. The lowest BCUT2D eigenvalue weighted by Crippen LogP contribution is -2.07. The third-order valence-electron chi connectivity index (χ3n) is 1.82. The fourth-order valence-electron chi connectivity index (χ4n) is 1.16. The molecular formula is C9H9N2O4. The van der Waals surface area contributed by atoms with Crippen molar-refractivity contribution in [3.05, 3.63) is 40.9 Å². The van der Waals surface area contributed by atoms with Crippen LogP contribution in [0.2, 0.25) is 0 Å². The Labute approximate surface area is 86.0 Å². The molecule has 0 amide bonds. The average Bonchev–Trinajstić information content (AvgIpc) is 2.26. The molecule has 1 radical (unpaired) electrons. The van der Waals surface area contributed by atoms with Gasteiger partial charge in [0.2, 0.25) is 0 Å². The first-order valence-electron chi connectivity index (χ1n) is 4.00. The standard InChI is InChI=1S/C9H9N2O4/c1-10-8-6(9(12)15-2)4-3-5-7(8)11(13)14/h3-5,10H,1H2,2H3.